The highest BCUT2D eigenvalue weighted by Crippen LogP contribution is 2.36. The van der Waals surface area contributed by atoms with Gasteiger partial charge in [-0.3, -0.25) is 9.10 Å². The summed E-state index contributed by atoms with van der Waals surface area (Å²) >= 11 is 0. The molecule has 2 aliphatic heterocycles. The first-order valence-corrected chi connectivity index (χ1v) is 12.6. The molecule has 30 heavy (non-hydrogen) atoms. The van der Waals surface area contributed by atoms with Gasteiger partial charge in [0, 0.05) is 25.6 Å². The highest BCUT2D eigenvalue weighted by atomic mass is 32.2. The van der Waals surface area contributed by atoms with Crippen molar-refractivity contribution in [2.24, 2.45) is 0 Å². The Morgan fingerprint density at radius 3 is 2.57 bits per heavy atom. The molecule has 2 aliphatic rings. The maximum atomic E-state index is 12.2. The molecular formula is C21H33N3O5S. The van der Waals surface area contributed by atoms with Crippen molar-refractivity contribution in [1.29, 1.82) is 0 Å². The molecule has 0 aliphatic carbocycles. The number of benzene rings is 1. The number of amides is 1. The monoisotopic (exact) mass is 439 g/mol. The summed E-state index contributed by atoms with van der Waals surface area (Å²) in [6.07, 6.45) is 8.03. The van der Waals surface area contributed by atoms with Crippen molar-refractivity contribution in [1.82, 2.24) is 10.2 Å². The summed E-state index contributed by atoms with van der Waals surface area (Å²) < 4.78 is 36.4. The van der Waals surface area contributed by atoms with Crippen molar-refractivity contribution in [3.8, 4) is 11.5 Å². The fraction of sp³-hybridized carbons (Fsp3) is 0.667. The lowest BCUT2D eigenvalue weighted by atomic mass is 10.2. The molecule has 1 N–H and O–H groups in total. The summed E-state index contributed by atoms with van der Waals surface area (Å²) in [5.41, 5.74) is 0.514. The Morgan fingerprint density at radius 2 is 1.83 bits per heavy atom. The van der Waals surface area contributed by atoms with Gasteiger partial charge in [-0.25, -0.2) is 8.42 Å². The molecule has 0 bridgehead atoms. The summed E-state index contributed by atoms with van der Waals surface area (Å²) in [5, 5.41) is 2.95. The van der Waals surface area contributed by atoms with Gasteiger partial charge in [-0.05, 0) is 57.5 Å². The van der Waals surface area contributed by atoms with Crippen LogP contribution < -0.4 is 19.1 Å². The van der Waals surface area contributed by atoms with Gasteiger partial charge in [0.05, 0.1) is 11.9 Å². The zero-order chi connectivity index (χ0) is 21.4. The molecule has 0 aromatic heterocycles. The van der Waals surface area contributed by atoms with Crippen molar-refractivity contribution in [2.45, 2.75) is 44.9 Å². The summed E-state index contributed by atoms with van der Waals surface area (Å²) in [6, 6.07) is 5.05. The van der Waals surface area contributed by atoms with Crippen LogP contribution in [0.2, 0.25) is 0 Å². The van der Waals surface area contributed by atoms with Crippen LogP contribution in [0.4, 0.5) is 5.69 Å². The predicted molar refractivity (Wildman–Crippen MR) is 117 cm³/mol. The Hall–Kier alpha value is -2.00. The minimum Gasteiger partial charge on any atom is -0.454 e. The van der Waals surface area contributed by atoms with E-state index in [1.54, 1.807) is 18.2 Å². The van der Waals surface area contributed by atoms with E-state index in [1.807, 2.05) is 0 Å². The Morgan fingerprint density at radius 1 is 1.10 bits per heavy atom. The smallest absolute Gasteiger partial charge is 0.232 e. The molecule has 0 atom stereocenters. The predicted octanol–water partition coefficient (Wildman–Crippen LogP) is 2.34. The third kappa shape index (κ3) is 6.77. The standard InChI is InChI=1S/C21H33N3O5S/c1-30(26,27)24(18-9-10-19-20(16-18)29-17-28-19)15-6-8-21(25)22-11-7-14-23-12-4-2-3-5-13-23/h9-10,16H,2-8,11-15,17H2,1H3,(H,22,25). The quantitative estimate of drug-likeness (QED) is 0.563. The lowest BCUT2D eigenvalue weighted by Gasteiger charge is -2.22. The molecule has 3 rings (SSSR count). The number of hydrogen-bond donors (Lipinski definition) is 1. The van der Waals surface area contributed by atoms with E-state index < -0.39 is 10.0 Å². The number of rotatable bonds is 10. The number of nitrogens with one attached hydrogen (secondary N) is 1. The number of sulfonamides is 1. The SMILES string of the molecule is CS(=O)(=O)N(CCCC(=O)NCCCN1CCCCCC1)c1ccc2c(c1)OCO2. The molecular weight excluding hydrogens is 406 g/mol. The van der Waals surface area contributed by atoms with E-state index in [0.717, 1.165) is 26.1 Å². The highest BCUT2D eigenvalue weighted by molar-refractivity contribution is 7.92. The molecule has 0 spiro atoms. The average molecular weight is 440 g/mol. The van der Waals surface area contributed by atoms with E-state index in [1.165, 1.54) is 36.2 Å². The Labute approximate surface area is 179 Å². The van der Waals surface area contributed by atoms with Crippen molar-refractivity contribution in [3.05, 3.63) is 18.2 Å². The Kier molecular flexibility index (Phi) is 8.21. The first-order valence-electron chi connectivity index (χ1n) is 10.8. The fourth-order valence-corrected chi connectivity index (χ4v) is 4.85. The average Bonchev–Trinajstić information content (AvgIpc) is 3.01. The van der Waals surface area contributed by atoms with Crippen LogP contribution in [0.25, 0.3) is 0 Å². The number of hydrogen-bond acceptors (Lipinski definition) is 6. The summed E-state index contributed by atoms with van der Waals surface area (Å²) in [5.74, 6) is 1.10. The summed E-state index contributed by atoms with van der Waals surface area (Å²) in [7, 11) is -3.47. The molecule has 8 nitrogen and oxygen atoms in total. The minimum absolute atomic E-state index is 0.0370. The van der Waals surface area contributed by atoms with Gasteiger partial charge in [-0.15, -0.1) is 0 Å². The van der Waals surface area contributed by atoms with E-state index in [2.05, 4.69) is 10.2 Å². The number of carbonyl (C=O) groups is 1. The van der Waals surface area contributed by atoms with E-state index >= 15 is 0 Å². The van der Waals surface area contributed by atoms with Crippen LogP contribution in [0.3, 0.4) is 0 Å². The minimum atomic E-state index is -3.47. The van der Waals surface area contributed by atoms with Crippen LogP contribution in [-0.4, -0.2) is 65.0 Å². The fourth-order valence-electron chi connectivity index (χ4n) is 3.89. The van der Waals surface area contributed by atoms with Gasteiger partial charge in [0.25, 0.3) is 0 Å². The first-order chi connectivity index (χ1) is 14.4. The first kappa shape index (κ1) is 22.7. The van der Waals surface area contributed by atoms with Gasteiger partial charge in [0.15, 0.2) is 11.5 Å². The van der Waals surface area contributed by atoms with E-state index in [4.69, 9.17) is 9.47 Å². The maximum absolute atomic E-state index is 12.2. The van der Waals surface area contributed by atoms with E-state index in [0.29, 0.717) is 36.6 Å². The van der Waals surface area contributed by atoms with Crippen LogP contribution in [-0.2, 0) is 14.8 Å². The van der Waals surface area contributed by atoms with Gasteiger partial charge in [0.2, 0.25) is 22.7 Å². The number of nitrogens with zero attached hydrogens (tertiary/aromatic N) is 2. The number of fused-ring (bicyclic) bond motifs is 1. The van der Waals surface area contributed by atoms with Gasteiger partial charge in [0.1, 0.15) is 0 Å². The topological polar surface area (TPSA) is 88.2 Å². The van der Waals surface area contributed by atoms with Crippen molar-refractivity contribution in [3.63, 3.8) is 0 Å². The molecule has 2 heterocycles. The van der Waals surface area contributed by atoms with E-state index in [9.17, 15) is 13.2 Å². The van der Waals surface area contributed by atoms with Crippen LogP contribution in [0, 0.1) is 0 Å². The van der Waals surface area contributed by atoms with Gasteiger partial charge in [-0.2, -0.15) is 0 Å². The van der Waals surface area contributed by atoms with Crippen molar-refractivity contribution < 1.29 is 22.7 Å². The number of anilines is 1. The number of likely N-dealkylation sites (tertiary alicyclic amines) is 1. The molecule has 168 valence electrons. The highest BCUT2D eigenvalue weighted by Gasteiger charge is 2.21. The van der Waals surface area contributed by atoms with Crippen molar-refractivity contribution in [2.75, 3.05) is 50.1 Å². The molecule has 0 saturated carbocycles. The lowest BCUT2D eigenvalue weighted by Crippen LogP contribution is -2.33. The Bertz CT molecular complexity index is 807. The second-order valence-electron chi connectivity index (χ2n) is 7.94. The molecule has 1 saturated heterocycles. The van der Waals surface area contributed by atoms with Gasteiger partial charge >= 0.3 is 0 Å². The van der Waals surface area contributed by atoms with Gasteiger partial charge in [-0.1, -0.05) is 12.8 Å². The second kappa shape index (κ2) is 10.9. The zero-order valence-electron chi connectivity index (χ0n) is 17.8. The third-order valence-electron chi connectivity index (χ3n) is 5.48. The zero-order valence-corrected chi connectivity index (χ0v) is 18.6. The molecule has 0 radical (unpaired) electrons. The largest absolute Gasteiger partial charge is 0.454 e. The van der Waals surface area contributed by atoms with Crippen LogP contribution in [0.15, 0.2) is 18.2 Å². The third-order valence-corrected chi connectivity index (χ3v) is 6.68. The second-order valence-corrected chi connectivity index (χ2v) is 9.84. The molecule has 0 unspecified atom stereocenters. The normalized spacial score (nSPS) is 16.8. The van der Waals surface area contributed by atoms with Gasteiger partial charge < -0.3 is 19.7 Å². The number of carbonyl (C=O) groups excluding carboxylic acids is 1. The molecule has 9 heteroatoms. The molecule has 1 fully saturated rings. The molecule has 1 aromatic carbocycles. The Balaban J connectivity index is 1.40. The molecule has 1 amide bonds. The van der Waals surface area contributed by atoms with Crippen LogP contribution in [0.5, 0.6) is 11.5 Å². The number of ether oxygens (including phenoxy) is 2. The maximum Gasteiger partial charge on any atom is 0.232 e. The molecule has 1 aromatic rings. The van der Waals surface area contributed by atoms with Crippen LogP contribution >= 0.6 is 0 Å². The van der Waals surface area contributed by atoms with Crippen molar-refractivity contribution >= 4 is 21.6 Å². The summed E-state index contributed by atoms with van der Waals surface area (Å²) in [4.78, 5) is 14.6. The van der Waals surface area contributed by atoms with E-state index in [-0.39, 0.29) is 19.2 Å². The van der Waals surface area contributed by atoms with Crippen LogP contribution in [0.1, 0.15) is 44.9 Å². The summed E-state index contributed by atoms with van der Waals surface area (Å²) in [6.45, 7) is 4.37. The lowest BCUT2D eigenvalue weighted by molar-refractivity contribution is -0.121.